The largest absolute Gasteiger partial charge is 0.493 e. The summed E-state index contributed by atoms with van der Waals surface area (Å²) in [6, 6.07) is 6.63. The van der Waals surface area contributed by atoms with E-state index < -0.39 is 5.91 Å². The van der Waals surface area contributed by atoms with Gasteiger partial charge in [0.15, 0.2) is 11.5 Å². The molecular formula is C17H18N2O5. The summed E-state index contributed by atoms with van der Waals surface area (Å²) >= 11 is 0. The molecule has 2 amide bonds. The molecule has 0 aliphatic heterocycles. The third kappa shape index (κ3) is 2.92. The summed E-state index contributed by atoms with van der Waals surface area (Å²) < 4.78 is 15.7. The predicted octanol–water partition coefficient (Wildman–Crippen LogP) is 2.14. The Hall–Kier alpha value is -2.96. The van der Waals surface area contributed by atoms with Crippen molar-refractivity contribution in [1.82, 2.24) is 0 Å². The highest BCUT2D eigenvalue weighted by atomic mass is 16.5. The minimum Gasteiger partial charge on any atom is -0.493 e. The second-order valence-corrected chi connectivity index (χ2v) is 5.57. The average Bonchev–Trinajstić information content (AvgIpc) is 3.19. The van der Waals surface area contributed by atoms with Gasteiger partial charge in [0.1, 0.15) is 5.76 Å². The maximum atomic E-state index is 12.4. The number of anilines is 1. The van der Waals surface area contributed by atoms with Gasteiger partial charge in [-0.15, -0.1) is 0 Å². The Bertz CT molecular complexity index is 770. The molecule has 24 heavy (non-hydrogen) atoms. The van der Waals surface area contributed by atoms with E-state index in [1.54, 1.807) is 12.3 Å². The van der Waals surface area contributed by atoms with E-state index >= 15 is 0 Å². The van der Waals surface area contributed by atoms with E-state index in [0.717, 1.165) is 5.76 Å². The molecule has 1 aliphatic carbocycles. The van der Waals surface area contributed by atoms with Crippen molar-refractivity contribution in [2.45, 2.75) is 12.3 Å². The first-order valence-electron chi connectivity index (χ1n) is 7.45. The van der Waals surface area contributed by atoms with Crippen molar-refractivity contribution in [3.8, 4) is 11.5 Å². The van der Waals surface area contributed by atoms with Gasteiger partial charge in [0, 0.05) is 17.9 Å². The van der Waals surface area contributed by atoms with E-state index in [9.17, 15) is 9.59 Å². The van der Waals surface area contributed by atoms with Gasteiger partial charge in [-0.2, -0.15) is 0 Å². The topological polar surface area (TPSA) is 104 Å². The molecule has 1 aromatic carbocycles. The molecule has 1 heterocycles. The average molecular weight is 330 g/mol. The molecule has 0 radical (unpaired) electrons. The molecule has 3 N–H and O–H groups in total. The number of amides is 2. The van der Waals surface area contributed by atoms with E-state index in [4.69, 9.17) is 19.6 Å². The first-order valence-corrected chi connectivity index (χ1v) is 7.45. The van der Waals surface area contributed by atoms with Crippen molar-refractivity contribution in [2.24, 2.45) is 11.7 Å². The number of hydrogen-bond acceptors (Lipinski definition) is 5. The minimum absolute atomic E-state index is 0.0668. The van der Waals surface area contributed by atoms with Crippen LogP contribution >= 0.6 is 0 Å². The Labute approximate surface area is 138 Å². The minimum atomic E-state index is -0.662. The van der Waals surface area contributed by atoms with Crippen LogP contribution < -0.4 is 20.5 Å². The first-order chi connectivity index (χ1) is 11.5. The number of benzene rings is 1. The Morgan fingerprint density at radius 1 is 1.25 bits per heavy atom. The molecular weight excluding hydrogens is 312 g/mol. The molecule has 1 aromatic heterocycles. The Morgan fingerprint density at radius 2 is 1.96 bits per heavy atom. The molecule has 0 unspecified atom stereocenters. The molecule has 1 saturated carbocycles. The monoisotopic (exact) mass is 330 g/mol. The highest BCUT2D eigenvalue weighted by Crippen LogP contribution is 2.48. The lowest BCUT2D eigenvalue weighted by atomic mass is 10.1. The number of carbonyl (C=O) groups excluding carboxylic acids is 2. The predicted molar refractivity (Wildman–Crippen MR) is 86.2 cm³/mol. The molecule has 2 atom stereocenters. The number of methoxy groups -OCH3 is 2. The van der Waals surface area contributed by atoms with Crippen LogP contribution in [-0.2, 0) is 4.79 Å². The molecule has 7 nitrogen and oxygen atoms in total. The SMILES string of the molecule is COc1cc(NC(=O)[C@@H]2C[C@@H]2c2ccco2)c(C(N)=O)cc1OC. The molecule has 2 aromatic rings. The summed E-state index contributed by atoms with van der Waals surface area (Å²) in [6.45, 7) is 0. The lowest BCUT2D eigenvalue weighted by Crippen LogP contribution is -2.20. The maximum Gasteiger partial charge on any atom is 0.250 e. The van der Waals surface area contributed by atoms with Crippen LogP contribution in [0.1, 0.15) is 28.5 Å². The van der Waals surface area contributed by atoms with Gasteiger partial charge in [-0.05, 0) is 24.6 Å². The lowest BCUT2D eigenvalue weighted by molar-refractivity contribution is -0.117. The number of nitrogens with two attached hydrogens (primary N) is 1. The van der Waals surface area contributed by atoms with Gasteiger partial charge in [0.05, 0.1) is 31.7 Å². The standard InChI is InChI=1S/C17H18N2O5/c1-22-14-7-11(16(18)20)12(8-15(14)23-2)19-17(21)10-6-9(10)13-4-3-5-24-13/h3-5,7-10H,6H2,1-2H3,(H2,18,20)(H,19,21)/t9-,10+/m0/s1. The van der Waals surface area contributed by atoms with Gasteiger partial charge in [-0.1, -0.05) is 0 Å². The summed E-state index contributed by atoms with van der Waals surface area (Å²) in [4.78, 5) is 24.1. The van der Waals surface area contributed by atoms with Crippen LogP contribution in [0, 0.1) is 5.92 Å². The van der Waals surface area contributed by atoms with Gasteiger partial charge in [0.25, 0.3) is 5.91 Å². The smallest absolute Gasteiger partial charge is 0.250 e. The molecule has 126 valence electrons. The first kappa shape index (κ1) is 15.9. The molecule has 1 fully saturated rings. The number of ether oxygens (including phenoxy) is 2. The fraction of sp³-hybridized carbons (Fsp3) is 0.294. The number of hydrogen-bond donors (Lipinski definition) is 2. The normalized spacial score (nSPS) is 18.8. The van der Waals surface area contributed by atoms with Crippen LogP contribution in [0.3, 0.4) is 0 Å². The van der Waals surface area contributed by atoms with E-state index in [2.05, 4.69) is 5.32 Å². The van der Waals surface area contributed by atoms with E-state index in [-0.39, 0.29) is 23.3 Å². The summed E-state index contributed by atoms with van der Waals surface area (Å²) in [6.07, 6.45) is 2.29. The van der Waals surface area contributed by atoms with Gasteiger partial charge in [0.2, 0.25) is 5.91 Å². The Balaban J connectivity index is 1.81. The van der Waals surface area contributed by atoms with Gasteiger partial charge >= 0.3 is 0 Å². The van der Waals surface area contributed by atoms with E-state index in [0.29, 0.717) is 23.6 Å². The second kappa shape index (κ2) is 6.27. The number of furan rings is 1. The lowest BCUT2D eigenvalue weighted by Gasteiger charge is -2.14. The van der Waals surface area contributed by atoms with E-state index in [1.807, 2.05) is 6.07 Å². The highest BCUT2D eigenvalue weighted by Gasteiger charge is 2.46. The fourth-order valence-corrected chi connectivity index (χ4v) is 2.71. The van der Waals surface area contributed by atoms with Crippen LogP contribution in [0.15, 0.2) is 34.9 Å². The van der Waals surface area contributed by atoms with Crippen LogP contribution in [0.25, 0.3) is 0 Å². The summed E-state index contributed by atoms with van der Waals surface area (Å²) in [5, 5.41) is 2.75. The number of rotatable bonds is 6. The van der Waals surface area contributed by atoms with Crippen molar-refractivity contribution in [2.75, 3.05) is 19.5 Å². The number of nitrogens with one attached hydrogen (secondary N) is 1. The molecule has 7 heteroatoms. The third-order valence-corrected chi connectivity index (χ3v) is 4.08. The molecule has 3 rings (SSSR count). The zero-order valence-corrected chi connectivity index (χ0v) is 13.4. The molecule has 0 spiro atoms. The molecule has 0 saturated heterocycles. The maximum absolute atomic E-state index is 12.4. The van der Waals surface area contributed by atoms with Crippen molar-refractivity contribution >= 4 is 17.5 Å². The Morgan fingerprint density at radius 3 is 2.54 bits per heavy atom. The van der Waals surface area contributed by atoms with Crippen molar-refractivity contribution < 1.29 is 23.5 Å². The summed E-state index contributed by atoms with van der Waals surface area (Å²) in [5.41, 5.74) is 5.86. The van der Waals surface area contributed by atoms with Crippen molar-refractivity contribution in [3.05, 3.63) is 41.9 Å². The van der Waals surface area contributed by atoms with E-state index in [1.165, 1.54) is 26.4 Å². The third-order valence-electron chi connectivity index (χ3n) is 4.08. The van der Waals surface area contributed by atoms with Crippen molar-refractivity contribution in [1.29, 1.82) is 0 Å². The summed E-state index contributed by atoms with van der Waals surface area (Å²) in [7, 11) is 2.93. The van der Waals surface area contributed by atoms with Crippen LogP contribution in [0.2, 0.25) is 0 Å². The quantitative estimate of drug-likeness (QED) is 0.844. The highest BCUT2D eigenvalue weighted by molar-refractivity contribution is 6.05. The molecule has 1 aliphatic rings. The van der Waals surface area contributed by atoms with Gasteiger partial charge in [-0.25, -0.2) is 0 Å². The van der Waals surface area contributed by atoms with Gasteiger partial charge < -0.3 is 24.9 Å². The second-order valence-electron chi connectivity index (χ2n) is 5.57. The zero-order chi connectivity index (χ0) is 17.3. The van der Waals surface area contributed by atoms with Crippen LogP contribution in [0.5, 0.6) is 11.5 Å². The summed E-state index contributed by atoms with van der Waals surface area (Å²) in [5.74, 6) is 0.579. The molecule has 0 bridgehead atoms. The van der Waals surface area contributed by atoms with Gasteiger partial charge in [-0.3, -0.25) is 9.59 Å². The zero-order valence-electron chi connectivity index (χ0n) is 13.4. The number of primary amides is 1. The number of carbonyl (C=O) groups is 2. The Kier molecular flexibility index (Phi) is 4.16. The van der Waals surface area contributed by atoms with Crippen LogP contribution in [-0.4, -0.2) is 26.0 Å². The fourth-order valence-electron chi connectivity index (χ4n) is 2.71. The van der Waals surface area contributed by atoms with Crippen molar-refractivity contribution in [3.63, 3.8) is 0 Å². The van der Waals surface area contributed by atoms with Crippen LogP contribution in [0.4, 0.5) is 5.69 Å².